The minimum atomic E-state index is -1.36. The second-order valence-electron chi connectivity index (χ2n) is 3.10. The van der Waals surface area contributed by atoms with Crippen LogP contribution in [0.2, 0.25) is 0 Å². The maximum Gasteiger partial charge on any atom is 0.338 e. The Bertz CT molecular complexity index is 454. The highest BCUT2D eigenvalue weighted by Crippen LogP contribution is 2.16. The number of anilines is 1. The first-order valence-electron chi connectivity index (χ1n) is 4.34. The fraction of sp³-hybridized carbons (Fsp3) is 0.100. The molecule has 1 aliphatic heterocycles. The molecule has 5 nitrogen and oxygen atoms in total. The molecule has 2 rings (SSSR count). The fourth-order valence-corrected chi connectivity index (χ4v) is 1.32. The summed E-state index contributed by atoms with van der Waals surface area (Å²) in [5.41, 5.74) is 1.28. The molecule has 0 saturated carbocycles. The van der Waals surface area contributed by atoms with Crippen molar-refractivity contribution in [2.75, 3.05) is 5.32 Å². The maximum atomic E-state index is 11.4. The second kappa shape index (κ2) is 3.53. The Labute approximate surface area is 85.4 Å². The monoisotopic (exact) mass is 204 g/mol. The van der Waals surface area contributed by atoms with Crippen molar-refractivity contribution in [3.05, 3.63) is 29.8 Å². The van der Waals surface area contributed by atoms with Crippen LogP contribution in [0.3, 0.4) is 0 Å². The van der Waals surface area contributed by atoms with E-state index in [4.69, 9.17) is 5.11 Å². The molecule has 1 atom stereocenters. The van der Waals surface area contributed by atoms with Crippen molar-refractivity contribution in [1.29, 1.82) is 0 Å². The SMILES string of the molecule is O=C(O)C1N=Cc2ccccc2NC1=O. The standard InChI is InChI=1S/C10H8N2O3/c13-9-8(10(14)15)11-5-6-3-1-2-4-7(6)12-9/h1-5,8H,(H,12,13)(H,14,15). The van der Waals surface area contributed by atoms with E-state index in [1.165, 1.54) is 6.21 Å². The summed E-state index contributed by atoms with van der Waals surface area (Å²) in [6.45, 7) is 0. The van der Waals surface area contributed by atoms with Gasteiger partial charge in [-0.2, -0.15) is 0 Å². The van der Waals surface area contributed by atoms with E-state index in [1.54, 1.807) is 24.3 Å². The molecule has 0 radical (unpaired) electrons. The Hall–Kier alpha value is -2.17. The van der Waals surface area contributed by atoms with Crippen LogP contribution in [0.15, 0.2) is 29.3 Å². The van der Waals surface area contributed by atoms with Crippen LogP contribution in [0.5, 0.6) is 0 Å². The number of benzodiazepines with no additional fused rings is 1. The molecule has 1 unspecified atom stereocenters. The van der Waals surface area contributed by atoms with Gasteiger partial charge in [0.2, 0.25) is 6.04 Å². The summed E-state index contributed by atoms with van der Waals surface area (Å²) in [5, 5.41) is 11.2. The van der Waals surface area contributed by atoms with Gasteiger partial charge in [-0.3, -0.25) is 9.79 Å². The molecule has 1 aromatic carbocycles. The number of hydrogen-bond acceptors (Lipinski definition) is 3. The Balaban J connectivity index is 2.41. The molecule has 0 fully saturated rings. The van der Waals surface area contributed by atoms with Crippen LogP contribution in [0, 0.1) is 0 Å². The third kappa shape index (κ3) is 1.71. The highest BCUT2D eigenvalue weighted by Gasteiger charge is 2.27. The van der Waals surface area contributed by atoms with E-state index in [2.05, 4.69) is 10.3 Å². The highest BCUT2D eigenvalue weighted by molar-refractivity contribution is 6.12. The molecule has 0 aromatic heterocycles. The first-order valence-corrected chi connectivity index (χ1v) is 4.34. The molecule has 1 aromatic rings. The van der Waals surface area contributed by atoms with Gasteiger partial charge in [0, 0.05) is 17.5 Å². The number of rotatable bonds is 1. The number of carboxylic acid groups (broad SMARTS) is 1. The predicted molar refractivity (Wildman–Crippen MR) is 54.1 cm³/mol. The molecular formula is C10H8N2O3. The highest BCUT2D eigenvalue weighted by atomic mass is 16.4. The minimum absolute atomic E-state index is 0.579. The van der Waals surface area contributed by atoms with Crippen LogP contribution in [0.25, 0.3) is 0 Å². The van der Waals surface area contributed by atoms with Crippen LogP contribution in [0.4, 0.5) is 5.69 Å². The number of carbonyl (C=O) groups excluding carboxylic acids is 1. The van der Waals surface area contributed by atoms with Crippen molar-refractivity contribution < 1.29 is 14.7 Å². The maximum absolute atomic E-state index is 11.4. The summed E-state index contributed by atoms with van der Waals surface area (Å²) in [6.07, 6.45) is 1.39. The first kappa shape index (κ1) is 9.39. The predicted octanol–water partition coefficient (Wildman–Crippen LogP) is 0.511. The lowest BCUT2D eigenvalue weighted by atomic mass is 10.2. The number of aliphatic carboxylic acids is 1. The quantitative estimate of drug-likeness (QED) is 0.654. The average Bonchev–Trinajstić information content (AvgIpc) is 2.35. The van der Waals surface area contributed by atoms with Gasteiger partial charge < -0.3 is 10.4 Å². The number of carbonyl (C=O) groups is 2. The first-order chi connectivity index (χ1) is 7.18. The van der Waals surface area contributed by atoms with Crippen molar-refractivity contribution in [2.24, 2.45) is 4.99 Å². The molecule has 15 heavy (non-hydrogen) atoms. The van der Waals surface area contributed by atoms with Crippen LogP contribution >= 0.6 is 0 Å². The van der Waals surface area contributed by atoms with Gasteiger partial charge >= 0.3 is 5.97 Å². The summed E-state index contributed by atoms with van der Waals surface area (Å²) >= 11 is 0. The van der Waals surface area contributed by atoms with Gasteiger partial charge in [0.05, 0.1) is 0 Å². The number of aliphatic imine (C=N–C) groups is 1. The van der Waals surface area contributed by atoms with Gasteiger partial charge in [-0.05, 0) is 6.07 Å². The Morgan fingerprint density at radius 3 is 2.87 bits per heavy atom. The topological polar surface area (TPSA) is 78.8 Å². The molecule has 1 aliphatic rings. The smallest absolute Gasteiger partial charge is 0.338 e. The third-order valence-electron chi connectivity index (χ3n) is 2.06. The Morgan fingerprint density at radius 1 is 1.40 bits per heavy atom. The Kier molecular flexibility index (Phi) is 2.21. The van der Waals surface area contributed by atoms with Crippen molar-refractivity contribution >= 4 is 23.8 Å². The lowest BCUT2D eigenvalue weighted by Crippen LogP contribution is -2.32. The largest absolute Gasteiger partial charge is 0.479 e. The number of nitrogens with zero attached hydrogens (tertiary/aromatic N) is 1. The van der Waals surface area contributed by atoms with Crippen molar-refractivity contribution in [1.82, 2.24) is 0 Å². The summed E-state index contributed by atoms with van der Waals surface area (Å²) in [4.78, 5) is 25.8. The zero-order chi connectivity index (χ0) is 10.8. The van der Waals surface area contributed by atoms with Crippen LogP contribution in [0.1, 0.15) is 5.56 Å². The van der Waals surface area contributed by atoms with E-state index >= 15 is 0 Å². The normalized spacial score (nSPS) is 18.9. The van der Waals surface area contributed by atoms with Gasteiger partial charge in [0.1, 0.15) is 0 Å². The minimum Gasteiger partial charge on any atom is -0.479 e. The number of amides is 1. The molecule has 2 N–H and O–H groups in total. The van der Waals surface area contributed by atoms with E-state index in [0.29, 0.717) is 11.3 Å². The number of para-hydroxylation sites is 1. The van der Waals surface area contributed by atoms with Gasteiger partial charge in [-0.15, -0.1) is 0 Å². The summed E-state index contributed by atoms with van der Waals surface area (Å²) < 4.78 is 0. The summed E-state index contributed by atoms with van der Waals surface area (Å²) in [5.74, 6) is -1.87. The van der Waals surface area contributed by atoms with E-state index in [-0.39, 0.29) is 0 Å². The van der Waals surface area contributed by atoms with E-state index < -0.39 is 17.9 Å². The van der Waals surface area contributed by atoms with Crippen LogP contribution in [-0.2, 0) is 9.59 Å². The zero-order valence-electron chi connectivity index (χ0n) is 7.68. The fourth-order valence-electron chi connectivity index (χ4n) is 1.32. The van der Waals surface area contributed by atoms with Crippen molar-refractivity contribution in [3.63, 3.8) is 0 Å². The molecule has 1 amide bonds. The van der Waals surface area contributed by atoms with Gasteiger partial charge in [0.25, 0.3) is 5.91 Å². The zero-order valence-corrected chi connectivity index (χ0v) is 7.68. The molecule has 0 bridgehead atoms. The molecule has 5 heteroatoms. The number of fused-ring (bicyclic) bond motifs is 1. The lowest BCUT2D eigenvalue weighted by molar-refractivity contribution is -0.141. The molecule has 0 spiro atoms. The molecule has 0 aliphatic carbocycles. The van der Waals surface area contributed by atoms with Gasteiger partial charge in [-0.25, -0.2) is 4.79 Å². The van der Waals surface area contributed by atoms with Gasteiger partial charge in [-0.1, -0.05) is 18.2 Å². The van der Waals surface area contributed by atoms with E-state index in [9.17, 15) is 9.59 Å². The number of hydrogen-bond donors (Lipinski definition) is 2. The Morgan fingerprint density at radius 2 is 2.13 bits per heavy atom. The van der Waals surface area contributed by atoms with Crippen molar-refractivity contribution in [3.8, 4) is 0 Å². The summed E-state index contributed by atoms with van der Waals surface area (Å²) in [7, 11) is 0. The van der Waals surface area contributed by atoms with E-state index in [1.807, 2.05) is 0 Å². The molecule has 76 valence electrons. The average molecular weight is 204 g/mol. The lowest BCUT2D eigenvalue weighted by Gasteiger charge is -2.06. The van der Waals surface area contributed by atoms with Crippen LogP contribution < -0.4 is 5.32 Å². The number of benzene rings is 1. The van der Waals surface area contributed by atoms with E-state index in [0.717, 1.165) is 0 Å². The summed E-state index contributed by atoms with van der Waals surface area (Å²) in [6, 6.07) is 5.64. The number of nitrogens with one attached hydrogen (secondary N) is 1. The van der Waals surface area contributed by atoms with Crippen molar-refractivity contribution in [2.45, 2.75) is 6.04 Å². The second-order valence-corrected chi connectivity index (χ2v) is 3.10. The molecular weight excluding hydrogens is 196 g/mol. The third-order valence-corrected chi connectivity index (χ3v) is 2.06. The van der Waals surface area contributed by atoms with Gasteiger partial charge in [0.15, 0.2) is 0 Å². The molecule has 1 heterocycles. The number of carboxylic acids is 1. The van der Waals surface area contributed by atoms with Crippen LogP contribution in [-0.4, -0.2) is 29.2 Å². The molecule has 0 saturated heterocycles.